The van der Waals surface area contributed by atoms with E-state index in [1.807, 2.05) is 0 Å². The Hall–Kier alpha value is -0.960. The number of carbonyl (C=O) groups is 1. The fourth-order valence-electron chi connectivity index (χ4n) is 8.07. The van der Waals surface area contributed by atoms with Gasteiger partial charge in [0.1, 0.15) is 36.6 Å². The molecule has 1 saturated carbocycles. The van der Waals surface area contributed by atoms with E-state index in [9.17, 15) is 50.0 Å². The van der Waals surface area contributed by atoms with Crippen LogP contribution in [0.25, 0.3) is 0 Å². The Morgan fingerprint density at radius 3 is 1.34 bits per heavy atom. The summed E-state index contributed by atoms with van der Waals surface area (Å²) in [5.74, 6) is -0.590. The lowest BCUT2D eigenvalue weighted by atomic mass is 9.85. The molecule has 0 bridgehead atoms. The number of phosphoric acid groups is 1. The molecule has 14 heteroatoms. The van der Waals surface area contributed by atoms with E-state index >= 15 is 0 Å². The minimum Gasteiger partial charge on any atom is -0.393 e. The second kappa shape index (κ2) is 37.3. The van der Waals surface area contributed by atoms with Gasteiger partial charge in [-0.1, -0.05) is 206 Å². The topological polar surface area (TPSA) is 226 Å². The molecule has 1 aliphatic carbocycles. The number of amides is 1. The van der Waals surface area contributed by atoms with Gasteiger partial charge >= 0.3 is 7.82 Å². The van der Waals surface area contributed by atoms with E-state index < -0.39 is 75.2 Å². The first-order valence-electron chi connectivity index (χ1n) is 24.7. The van der Waals surface area contributed by atoms with Gasteiger partial charge in [0.15, 0.2) is 0 Å². The Morgan fingerprint density at radius 2 is 0.934 bits per heavy atom. The number of rotatable bonds is 41. The van der Waals surface area contributed by atoms with Crippen molar-refractivity contribution in [3.8, 4) is 0 Å². The number of aliphatic hydroxyl groups excluding tert-OH is 7. The predicted octanol–water partition coefficient (Wildman–Crippen LogP) is 8.59. The molecule has 0 radical (unpaired) electrons. The molecule has 0 spiro atoms. The molecule has 13 nitrogen and oxygen atoms in total. The first-order valence-corrected chi connectivity index (χ1v) is 26.2. The molecule has 1 aliphatic rings. The summed E-state index contributed by atoms with van der Waals surface area (Å²) in [4.78, 5) is 23.4. The summed E-state index contributed by atoms with van der Waals surface area (Å²) in [6.07, 6.45) is 25.8. The van der Waals surface area contributed by atoms with E-state index in [0.29, 0.717) is 12.8 Å². The molecule has 0 aromatic carbocycles. The molecular weight excluding hydrogens is 801 g/mol. The van der Waals surface area contributed by atoms with Crippen molar-refractivity contribution in [2.24, 2.45) is 0 Å². The molecule has 0 saturated heterocycles. The lowest BCUT2D eigenvalue weighted by molar-refractivity contribution is -0.220. The fraction of sp³-hybridized carbons (Fsp3) is 0.936. The van der Waals surface area contributed by atoms with E-state index in [1.54, 1.807) is 6.08 Å². The summed E-state index contributed by atoms with van der Waals surface area (Å²) in [7, 11) is -5.14. The van der Waals surface area contributed by atoms with Gasteiger partial charge in [0, 0.05) is 0 Å². The van der Waals surface area contributed by atoms with Crippen LogP contribution in [0.5, 0.6) is 0 Å². The quantitative estimate of drug-likeness (QED) is 0.0160. The van der Waals surface area contributed by atoms with Crippen molar-refractivity contribution in [2.75, 3.05) is 6.61 Å². The van der Waals surface area contributed by atoms with Crippen molar-refractivity contribution in [2.45, 2.75) is 274 Å². The van der Waals surface area contributed by atoms with E-state index in [2.05, 4.69) is 19.2 Å². The van der Waals surface area contributed by atoms with Crippen LogP contribution >= 0.6 is 7.82 Å². The molecule has 0 aliphatic heterocycles. The summed E-state index contributed by atoms with van der Waals surface area (Å²) < 4.78 is 22.9. The van der Waals surface area contributed by atoms with Crippen LogP contribution in [0, 0.1) is 0 Å². The van der Waals surface area contributed by atoms with E-state index in [1.165, 1.54) is 147 Å². The summed E-state index contributed by atoms with van der Waals surface area (Å²) >= 11 is 0. The number of unbranched alkanes of at least 4 members (excludes halogenated alkanes) is 28. The van der Waals surface area contributed by atoms with Crippen molar-refractivity contribution >= 4 is 13.7 Å². The van der Waals surface area contributed by atoms with Gasteiger partial charge in [-0.2, -0.15) is 0 Å². The number of allylic oxidation sites excluding steroid dienone is 1. The maximum atomic E-state index is 13.0. The van der Waals surface area contributed by atoms with Crippen LogP contribution in [-0.2, 0) is 18.4 Å². The summed E-state index contributed by atoms with van der Waals surface area (Å²) in [6, 6.07) is -1.23. The Labute approximate surface area is 370 Å². The average Bonchev–Trinajstić information content (AvgIpc) is 3.23. The van der Waals surface area contributed by atoms with E-state index in [-0.39, 0.29) is 6.42 Å². The maximum Gasteiger partial charge on any atom is 0.472 e. The highest BCUT2D eigenvalue weighted by Crippen LogP contribution is 2.47. The Kier molecular flexibility index (Phi) is 35.5. The van der Waals surface area contributed by atoms with Gasteiger partial charge in [0.25, 0.3) is 0 Å². The van der Waals surface area contributed by atoms with Crippen LogP contribution in [0.4, 0.5) is 0 Å². The number of hydrogen-bond acceptors (Lipinski definition) is 11. The Morgan fingerprint density at radius 1 is 0.574 bits per heavy atom. The van der Waals surface area contributed by atoms with Gasteiger partial charge in [0.05, 0.1) is 31.3 Å². The van der Waals surface area contributed by atoms with Gasteiger partial charge in [-0.05, 0) is 19.3 Å². The summed E-state index contributed by atoms with van der Waals surface area (Å²) in [5, 5.41) is 74.5. The molecule has 8 atom stereocenters. The molecule has 0 aromatic rings. The molecular formula is C47H92NO12P. The van der Waals surface area contributed by atoms with E-state index in [4.69, 9.17) is 9.05 Å². The smallest absolute Gasteiger partial charge is 0.393 e. The molecule has 9 N–H and O–H groups in total. The highest BCUT2D eigenvalue weighted by Gasteiger charge is 2.51. The van der Waals surface area contributed by atoms with Crippen molar-refractivity contribution in [1.82, 2.24) is 5.32 Å². The highest BCUT2D eigenvalue weighted by molar-refractivity contribution is 7.47. The minimum absolute atomic E-state index is 0.240. The van der Waals surface area contributed by atoms with Crippen LogP contribution < -0.4 is 5.32 Å². The average molecular weight is 894 g/mol. The van der Waals surface area contributed by atoms with Gasteiger partial charge in [-0.25, -0.2) is 4.57 Å². The highest BCUT2D eigenvalue weighted by atomic mass is 31.2. The fourth-order valence-corrected chi connectivity index (χ4v) is 9.03. The molecule has 1 amide bonds. The molecule has 8 unspecified atom stereocenters. The molecule has 1 fully saturated rings. The van der Waals surface area contributed by atoms with Gasteiger partial charge < -0.3 is 46.0 Å². The first-order chi connectivity index (χ1) is 29.3. The van der Waals surface area contributed by atoms with Crippen molar-refractivity contribution in [3.63, 3.8) is 0 Å². The van der Waals surface area contributed by atoms with Gasteiger partial charge in [-0.15, -0.1) is 0 Å². The van der Waals surface area contributed by atoms with Gasteiger partial charge in [-0.3, -0.25) is 13.8 Å². The van der Waals surface area contributed by atoms with Gasteiger partial charge in [0.2, 0.25) is 5.91 Å². The molecule has 0 heterocycles. The van der Waals surface area contributed by atoms with Crippen LogP contribution in [-0.4, -0.2) is 108 Å². The number of phosphoric ester groups is 1. The van der Waals surface area contributed by atoms with Crippen LogP contribution in [0.3, 0.4) is 0 Å². The zero-order chi connectivity index (χ0) is 45.1. The number of carbonyl (C=O) groups excluding carboxylic acids is 1. The van der Waals surface area contributed by atoms with Crippen LogP contribution in [0.1, 0.15) is 219 Å². The summed E-state index contributed by atoms with van der Waals surface area (Å²) in [5.41, 5.74) is 0. The van der Waals surface area contributed by atoms with Crippen LogP contribution in [0.15, 0.2) is 12.2 Å². The molecule has 1 rings (SSSR count). The number of hydrogen-bond donors (Lipinski definition) is 9. The lowest BCUT2D eigenvalue weighted by Gasteiger charge is -2.41. The van der Waals surface area contributed by atoms with Crippen molar-refractivity contribution in [1.29, 1.82) is 0 Å². The predicted molar refractivity (Wildman–Crippen MR) is 243 cm³/mol. The Bertz CT molecular complexity index is 1100. The second-order valence-corrected chi connectivity index (χ2v) is 19.3. The zero-order valence-electron chi connectivity index (χ0n) is 38.3. The van der Waals surface area contributed by atoms with Crippen molar-refractivity contribution < 1.29 is 59.0 Å². The third-order valence-corrected chi connectivity index (χ3v) is 13.1. The lowest BCUT2D eigenvalue weighted by Crippen LogP contribution is -2.64. The third kappa shape index (κ3) is 29.2. The normalized spacial score (nSPS) is 23.2. The SMILES string of the molecule is CCCCCCCCCCCCCCCCCCC/C=C/C(O)C(COP(=O)(O)OC1C(O)C(O)C(O)C(O)C1O)NC(=O)CC(O)CCCCCCCCCCCCCC. The van der Waals surface area contributed by atoms with Crippen molar-refractivity contribution in [3.05, 3.63) is 12.2 Å². The maximum absolute atomic E-state index is 13.0. The standard InChI is InChI=1S/C47H92NO12P/c1-3-5-7-9-11-13-15-17-18-19-20-21-22-23-25-27-29-31-33-35-40(50)39(37-59-61(57,58)60-47-45(55)43(53)42(52)44(54)46(47)56)48-41(51)36-38(49)34-32-30-28-26-24-16-14-12-10-8-6-4-2/h33,35,38-40,42-47,49-50,52-56H,3-32,34,36-37H2,1-2H3,(H,48,51)(H,57,58)/b35-33+. The molecule has 362 valence electrons. The molecule has 61 heavy (non-hydrogen) atoms. The number of nitrogens with one attached hydrogen (secondary N) is 1. The monoisotopic (exact) mass is 894 g/mol. The first kappa shape index (κ1) is 58.1. The van der Waals surface area contributed by atoms with Crippen LogP contribution in [0.2, 0.25) is 0 Å². The largest absolute Gasteiger partial charge is 0.472 e. The minimum atomic E-state index is -5.14. The summed E-state index contributed by atoms with van der Waals surface area (Å²) in [6.45, 7) is 3.75. The Balaban J connectivity index is 2.51. The second-order valence-electron chi connectivity index (χ2n) is 17.9. The molecule has 0 aromatic heterocycles. The van der Waals surface area contributed by atoms with E-state index in [0.717, 1.165) is 44.9 Å². The third-order valence-electron chi connectivity index (χ3n) is 12.1. The zero-order valence-corrected chi connectivity index (χ0v) is 39.2. The number of aliphatic hydroxyl groups is 7.